The van der Waals surface area contributed by atoms with Gasteiger partial charge < -0.3 is 5.32 Å². The number of halogens is 1. The lowest BCUT2D eigenvalue weighted by Gasteiger charge is -2.07. The third-order valence-electron chi connectivity index (χ3n) is 1.81. The molecule has 0 saturated heterocycles. The van der Waals surface area contributed by atoms with Gasteiger partial charge in [-0.15, -0.1) is 0 Å². The molecular formula is C10H8ClN3S. The van der Waals surface area contributed by atoms with E-state index in [1.165, 1.54) is 0 Å². The minimum Gasteiger partial charge on any atom is -0.331 e. The molecule has 1 N–H and O–H groups in total. The van der Waals surface area contributed by atoms with Crippen molar-refractivity contribution in [1.29, 1.82) is 0 Å². The van der Waals surface area contributed by atoms with E-state index in [1.54, 1.807) is 29.2 Å². The van der Waals surface area contributed by atoms with Crippen molar-refractivity contribution in [2.24, 2.45) is 0 Å². The van der Waals surface area contributed by atoms with E-state index in [1.807, 2.05) is 18.2 Å². The van der Waals surface area contributed by atoms with E-state index in [-0.39, 0.29) is 0 Å². The largest absolute Gasteiger partial charge is 0.331 e. The quantitative estimate of drug-likeness (QED) is 0.774. The zero-order chi connectivity index (χ0) is 10.7. The SMILES string of the molecule is S=C(Nc1ccc(Cl)cc1)n1cccn1. The van der Waals surface area contributed by atoms with Gasteiger partial charge in [0.2, 0.25) is 0 Å². The van der Waals surface area contributed by atoms with Crippen LogP contribution in [0.5, 0.6) is 0 Å². The lowest BCUT2D eigenvalue weighted by molar-refractivity contribution is 0.947. The van der Waals surface area contributed by atoms with Gasteiger partial charge in [0.1, 0.15) is 0 Å². The number of rotatable bonds is 1. The van der Waals surface area contributed by atoms with Crippen LogP contribution in [0.15, 0.2) is 42.7 Å². The number of benzene rings is 1. The van der Waals surface area contributed by atoms with Crippen molar-refractivity contribution in [2.45, 2.75) is 0 Å². The Morgan fingerprint density at radius 3 is 2.67 bits per heavy atom. The Balaban J connectivity index is 2.09. The maximum Gasteiger partial charge on any atom is 0.198 e. The Kier molecular flexibility index (Phi) is 2.99. The lowest BCUT2D eigenvalue weighted by atomic mass is 10.3. The molecule has 15 heavy (non-hydrogen) atoms. The number of hydrogen-bond donors (Lipinski definition) is 1. The minimum absolute atomic E-state index is 0.530. The fraction of sp³-hybridized carbons (Fsp3) is 0. The highest BCUT2D eigenvalue weighted by molar-refractivity contribution is 7.80. The van der Waals surface area contributed by atoms with Crippen molar-refractivity contribution in [3.63, 3.8) is 0 Å². The van der Waals surface area contributed by atoms with Gasteiger partial charge in [-0.05, 0) is 42.5 Å². The fourth-order valence-electron chi connectivity index (χ4n) is 1.10. The van der Waals surface area contributed by atoms with Crippen molar-refractivity contribution >= 4 is 34.6 Å². The van der Waals surface area contributed by atoms with Crippen molar-refractivity contribution in [3.8, 4) is 0 Å². The van der Waals surface area contributed by atoms with Crippen LogP contribution < -0.4 is 5.32 Å². The molecule has 0 atom stereocenters. The van der Waals surface area contributed by atoms with Crippen molar-refractivity contribution in [3.05, 3.63) is 47.7 Å². The maximum absolute atomic E-state index is 5.77. The predicted octanol–water partition coefficient (Wildman–Crippen LogP) is 2.78. The highest BCUT2D eigenvalue weighted by atomic mass is 35.5. The van der Waals surface area contributed by atoms with Crippen molar-refractivity contribution in [1.82, 2.24) is 9.78 Å². The summed E-state index contributed by atoms with van der Waals surface area (Å²) in [5.74, 6) is 0. The number of thiocarbonyl (C=S) groups is 1. The van der Waals surface area contributed by atoms with Crippen LogP contribution in [-0.4, -0.2) is 14.9 Å². The molecule has 5 heteroatoms. The van der Waals surface area contributed by atoms with Gasteiger partial charge in [-0.25, -0.2) is 4.68 Å². The smallest absolute Gasteiger partial charge is 0.198 e. The van der Waals surface area contributed by atoms with E-state index in [2.05, 4.69) is 10.4 Å². The Labute approximate surface area is 97.7 Å². The van der Waals surface area contributed by atoms with Gasteiger partial charge in [-0.3, -0.25) is 0 Å². The number of aromatic nitrogens is 2. The molecule has 0 aliphatic carbocycles. The standard InChI is InChI=1S/C10H8ClN3S/c11-8-2-4-9(5-3-8)13-10(15)14-7-1-6-12-14/h1-7H,(H,13,15). The van der Waals surface area contributed by atoms with Gasteiger partial charge in [0, 0.05) is 23.1 Å². The first-order valence-electron chi connectivity index (χ1n) is 4.32. The van der Waals surface area contributed by atoms with Crippen LogP contribution in [0.3, 0.4) is 0 Å². The molecule has 0 unspecified atom stereocenters. The van der Waals surface area contributed by atoms with E-state index in [4.69, 9.17) is 23.8 Å². The number of nitrogens with zero attached hydrogens (tertiary/aromatic N) is 2. The van der Waals surface area contributed by atoms with E-state index in [9.17, 15) is 0 Å². The van der Waals surface area contributed by atoms with E-state index >= 15 is 0 Å². The van der Waals surface area contributed by atoms with Gasteiger partial charge in [-0.2, -0.15) is 5.10 Å². The molecule has 1 heterocycles. The summed E-state index contributed by atoms with van der Waals surface area (Å²) >= 11 is 10.9. The Hall–Kier alpha value is -1.39. The second kappa shape index (κ2) is 4.42. The number of anilines is 1. The van der Waals surface area contributed by atoms with Crippen LogP contribution in [0.4, 0.5) is 5.69 Å². The summed E-state index contributed by atoms with van der Waals surface area (Å²) in [6.45, 7) is 0. The average molecular weight is 238 g/mol. The van der Waals surface area contributed by atoms with E-state index in [0.717, 1.165) is 5.69 Å². The highest BCUT2D eigenvalue weighted by Crippen LogP contribution is 2.13. The first-order valence-corrected chi connectivity index (χ1v) is 5.11. The fourth-order valence-corrected chi connectivity index (χ4v) is 1.45. The third-order valence-corrected chi connectivity index (χ3v) is 2.35. The summed E-state index contributed by atoms with van der Waals surface area (Å²) in [7, 11) is 0. The molecule has 0 radical (unpaired) electrons. The average Bonchev–Trinajstić information content (AvgIpc) is 2.74. The number of nitrogens with one attached hydrogen (secondary N) is 1. The highest BCUT2D eigenvalue weighted by Gasteiger charge is 1.99. The second-order valence-corrected chi connectivity index (χ2v) is 3.71. The Morgan fingerprint density at radius 2 is 2.07 bits per heavy atom. The summed E-state index contributed by atoms with van der Waals surface area (Å²) in [6, 6.07) is 9.14. The molecule has 1 aromatic heterocycles. The molecule has 0 aliphatic heterocycles. The molecule has 2 rings (SSSR count). The summed E-state index contributed by atoms with van der Waals surface area (Å²) in [4.78, 5) is 0. The van der Waals surface area contributed by atoms with Crippen LogP contribution in [0.1, 0.15) is 0 Å². The summed E-state index contributed by atoms with van der Waals surface area (Å²) in [5, 5.41) is 8.29. The van der Waals surface area contributed by atoms with Crippen LogP contribution in [0.25, 0.3) is 0 Å². The van der Waals surface area contributed by atoms with Gasteiger partial charge in [0.25, 0.3) is 0 Å². The topological polar surface area (TPSA) is 29.9 Å². The summed E-state index contributed by atoms with van der Waals surface area (Å²) < 4.78 is 1.59. The molecule has 3 nitrogen and oxygen atoms in total. The van der Waals surface area contributed by atoms with Gasteiger partial charge in [0.15, 0.2) is 5.11 Å². The molecular weight excluding hydrogens is 230 g/mol. The first kappa shape index (κ1) is 10.1. The monoisotopic (exact) mass is 237 g/mol. The van der Waals surface area contributed by atoms with Gasteiger partial charge in [-0.1, -0.05) is 11.6 Å². The predicted molar refractivity (Wildman–Crippen MR) is 65.3 cm³/mol. The van der Waals surface area contributed by atoms with E-state index < -0.39 is 0 Å². The van der Waals surface area contributed by atoms with Crippen molar-refractivity contribution in [2.75, 3.05) is 5.32 Å². The molecule has 0 fully saturated rings. The normalized spacial score (nSPS) is 9.93. The minimum atomic E-state index is 0.530. The first-order chi connectivity index (χ1) is 7.25. The molecule has 2 aromatic rings. The molecule has 0 spiro atoms. The summed E-state index contributed by atoms with van der Waals surface area (Å²) in [6.07, 6.45) is 3.46. The van der Waals surface area contributed by atoms with Crippen LogP contribution in [0.2, 0.25) is 5.02 Å². The number of hydrogen-bond acceptors (Lipinski definition) is 2. The third kappa shape index (κ3) is 2.55. The molecule has 0 aliphatic rings. The van der Waals surface area contributed by atoms with E-state index in [0.29, 0.717) is 10.1 Å². The van der Waals surface area contributed by atoms with Gasteiger partial charge in [0.05, 0.1) is 0 Å². The summed E-state index contributed by atoms with van der Waals surface area (Å²) in [5.41, 5.74) is 0.889. The zero-order valence-electron chi connectivity index (χ0n) is 7.72. The zero-order valence-corrected chi connectivity index (χ0v) is 9.29. The second-order valence-electron chi connectivity index (χ2n) is 2.89. The molecule has 0 saturated carbocycles. The molecule has 76 valence electrons. The van der Waals surface area contributed by atoms with Crippen LogP contribution in [0, 0.1) is 0 Å². The Morgan fingerprint density at radius 1 is 1.33 bits per heavy atom. The van der Waals surface area contributed by atoms with Crippen LogP contribution >= 0.6 is 23.8 Å². The Bertz CT molecular complexity index is 450. The van der Waals surface area contributed by atoms with Gasteiger partial charge >= 0.3 is 0 Å². The van der Waals surface area contributed by atoms with Crippen LogP contribution in [-0.2, 0) is 0 Å². The molecule has 1 aromatic carbocycles. The van der Waals surface area contributed by atoms with Crippen molar-refractivity contribution < 1.29 is 0 Å². The molecule has 0 bridgehead atoms. The molecule has 0 amide bonds. The maximum atomic E-state index is 5.77. The lowest BCUT2D eigenvalue weighted by Crippen LogP contribution is -2.19.